The lowest BCUT2D eigenvalue weighted by Crippen LogP contribution is -2.39. The number of nitrogens with zero attached hydrogens (tertiary/aromatic N) is 4. The van der Waals surface area contributed by atoms with E-state index in [0.717, 1.165) is 18.4 Å². The number of nitrogens with one attached hydrogen (secondary N) is 1. The summed E-state index contributed by atoms with van der Waals surface area (Å²) in [5, 5.41) is 9.15. The van der Waals surface area contributed by atoms with Gasteiger partial charge in [-0.3, -0.25) is 9.59 Å². The lowest BCUT2D eigenvalue weighted by atomic mass is 10.0. The number of anilines is 1. The first-order valence-corrected chi connectivity index (χ1v) is 10.2. The van der Waals surface area contributed by atoms with Gasteiger partial charge in [-0.05, 0) is 18.4 Å². The minimum Gasteiger partial charge on any atom is -0.337 e. The molecule has 4 rings (SSSR count). The van der Waals surface area contributed by atoms with Crippen LogP contribution in [0.4, 0.5) is 5.82 Å². The first-order valence-electron chi connectivity index (χ1n) is 9.25. The molecule has 0 atom stereocenters. The molecule has 0 saturated carbocycles. The van der Waals surface area contributed by atoms with Crippen LogP contribution in [0.25, 0.3) is 0 Å². The van der Waals surface area contributed by atoms with Crippen molar-refractivity contribution in [2.45, 2.75) is 25.3 Å². The van der Waals surface area contributed by atoms with Crippen molar-refractivity contribution in [3.8, 4) is 0 Å². The summed E-state index contributed by atoms with van der Waals surface area (Å²) in [6.07, 6.45) is 3.61. The van der Waals surface area contributed by atoms with E-state index in [-0.39, 0.29) is 17.9 Å². The third-order valence-corrected chi connectivity index (χ3v) is 5.48. The lowest BCUT2D eigenvalue weighted by molar-refractivity contribution is -0.115. The Hall–Kier alpha value is -3.00. The number of aromatic nitrogens is 3. The van der Waals surface area contributed by atoms with E-state index in [2.05, 4.69) is 15.4 Å². The monoisotopic (exact) mass is 395 g/mol. The molecule has 1 aliphatic heterocycles. The summed E-state index contributed by atoms with van der Waals surface area (Å²) in [6.45, 7) is 1.30. The molecule has 0 bridgehead atoms. The van der Waals surface area contributed by atoms with Crippen LogP contribution < -0.4 is 5.32 Å². The minimum absolute atomic E-state index is 0.0171. The third-order valence-electron chi connectivity index (χ3n) is 4.89. The van der Waals surface area contributed by atoms with Crippen LogP contribution in [0.15, 0.2) is 53.5 Å². The zero-order valence-corrected chi connectivity index (χ0v) is 16.1. The van der Waals surface area contributed by atoms with Gasteiger partial charge in [-0.2, -0.15) is 5.10 Å². The van der Waals surface area contributed by atoms with Crippen molar-refractivity contribution in [2.75, 3.05) is 18.4 Å². The van der Waals surface area contributed by atoms with E-state index in [9.17, 15) is 9.59 Å². The topological polar surface area (TPSA) is 80.1 Å². The largest absolute Gasteiger partial charge is 0.337 e. The van der Waals surface area contributed by atoms with Gasteiger partial charge in [-0.15, -0.1) is 11.3 Å². The zero-order valence-electron chi connectivity index (χ0n) is 15.3. The Bertz CT molecular complexity index is 931. The van der Waals surface area contributed by atoms with E-state index in [4.69, 9.17) is 0 Å². The number of hydrogen-bond donors (Lipinski definition) is 1. The molecule has 1 aromatic carbocycles. The maximum atomic E-state index is 12.4. The number of carbonyl (C=O) groups is 2. The molecule has 0 aliphatic carbocycles. The van der Waals surface area contributed by atoms with E-state index in [1.54, 1.807) is 17.1 Å². The highest BCUT2D eigenvalue weighted by molar-refractivity contribution is 7.07. The van der Waals surface area contributed by atoms with Gasteiger partial charge in [0.15, 0.2) is 0 Å². The van der Waals surface area contributed by atoms with E-state index in [1.807, 2.05) is 46.0 Å². The first-order chi connectivity index (χ1) is 13.7. The second-order valence-electron chi connectivity index (χ2n) is 6.77. The minimum atomic E-state index is -0.0657. The van der Waals surface area contributed by atoms with Gasteiger partial charge in [0, 0.05) is 24.5 Å². The molecular weight excluding hydrogens is 374 g/mol. The Labute approximate surface area is 167 Å². The number of carbonyl (C=O) groups excluding carboxylic acids is 2. The van der Waals surface area contributed by atoms with Crippen molar-refractivity contribution in [2.24, 2.45) is 0 Å². The average Bonchev–Trinajstić information content (AvgIpc) is 3.40. The quantitative estimate of drug-likeness (QED) is 0.720. The molecule has 1 N–H and O–H groups in total. The van der Waals surface area contributed by atoms with Crippen LogP contribution in [0, 0.1) is 0 Å². The molecule has 8 heteroatoms. The highest BCUT2D eigenvalue weighted by Crippen LogP contribution is 2.26. The Morgan fingerprint density at radius 3 is 2.64 bits per heavy atom. The van der Waals surface area contributed by atoms with Crippen LogP contribution in [0.2, 0.25) is 0 Å². The van der Waals surface area contributed by atoms with Crippen molar-refractivity contribution in [3.05, 3.63) is 64.7 Å². The van der Waals surface area contributed by atoms with Crippen LogP contribution in [-0.2, 0) is 11.2 Å². The van der Waals surface area contributed by atoms with E-state index >= 15 is 0 Å². The molecule has 7 nitrogen and oxygen atoms in total. The summed E-state index contributed by atoms with van der Waals surface area (Å²) in [5.41, 5.74) is 3.16. The standard InChI is InChI=1S/C20H21N5O2S/c26-19(12-15-4-2-1-3-5-15)23-18-6-9-22-25(18)16-7-10-24(11-8-16)20(27)17-13-28-14-21-17/h1-6,9,13-14,16H,7-8,10-12H2,(H,23,26). The van der Waals surface area contributed by atoms with Crippen molar-refractivity contribution in [1.29, 1.82) is 0 Å². The molecule has 2 aromatic heterocycles. The van der Waals surface area contributed by atoms with Crippen molar-refractivity contribution < 1.29 is 9.59 Å². The Kier molecular flexibility index (Phi) is 5.48. The Morgan fingerprint density at radius 1 is 1.14 bits per heavy atom. The molecule has 144 valence electrons. The maximum absolute atomic E-state index is 12.4. The highest BCUT2D eigenvalue weighted by Gasteiger charge is 2.27. The molecule has 1 aliphatic rings. The zero-order chi connectivity index (χ0) is 19.3. The molecule has 0 radical (unpaired) electrons. The summed E-state index contributed by atoms with van der Waals surface area (Å²) in [7, 11) is 0. The van der Waals surface area contributed by atoms with Gasteiger partial charge < -0.3 is 10.2 Å². The van der Waals surface area contributed by atoms with Crippen LogP contribution in [0.1, 0.15) is 34.9 Å². The fraction of sp³-hybridized carbons (Fsp3) is 0.300. The second kappa shape index (κ2) is 8.35. The van der Waals surface area contributed by atoms with Crippen LogP contribution in [0.3, 0.4) is 0 Å². The Balaban J connectivity index is 1.35. The summed E-state index contributed by atoms with van der Waals surface area (Å²) in [4.78, 5) is 30.7. The normalized spacial score (nSPS) is 14.8. The maximum Gasteiger partial charge on any atom is 0.273 e. The fourth-order valence-electron chi connectivity index (χ4n) is 3.47. The van der Waals surface area contributed by atoms with Gasteiger partial charge >= 0.3 is 0 Å². The molecule has 0 unspecified atom stereocenters. The Morgan fingerprint density at radius 2 is 1.93 bits per heavy atom. The highest BCUT2D eigenvalue weighted by atomic mass is 32.1. The molecule has 3 heterocycles. The number of piperidine rings is 1. The molecule has 2 amide bonds. The van der Waals surface area contributed by atoms with Gasteiger partial charge in [0.2, 0.25) is 5.91 Å². The SMILES string of the molecule is O=C(Cc1ccccc1)Nc1ccnn1C1CCN(C(=O)c2cscn2)CC1. The number of likely N-dealkylation sites (tertiary alicyclic amines) is 1. The number of thiazole rings is 1. The number of rotatable bonds is 5. The molecular formula is C20H21N5O2S. The fourth-order valence-corrected chi connectivity index (χ4v) is 3.99. The number of benzene rings is 1. The summed E-state index contributed by atoms with van der Waals surface area (Å²) in [6, 6.07) is 11.6. The number of hydrogen-bond acceptors (Lipinski definition) is 5. The third kappa shape index (κ3) is 4.12. The summed E-state index contributed by atoms with van der Waals surface area (Å²) >= 11 is 1.43. The van der Waals surface area contributed by atoms with Crippen molar-refractivity contribution >= 4 is 29.0 Å². The van der Waals surface area contributed by atoms with Crippen LogP contribution in [0.5, 0.6) is 0 Å². The lowest BCUT2D eigenvalue weighted by Gasteiger charge is -2.32. The van der Waals surface area contributed by atoms with Crippen LogP contribution >= 0.6 is 11.3 Å². The molecule has 28 heavy (non-hydrogen) atoms. The average molecular weight is 395 g/mol. The van der Waals surface area contributed by atoms with Crippen molar-refractivity contribution in [1.82, 2.24) is 19.7 Å². The summed E-state index contributed by atoms with van der Waals surface area (Å²) in [5.74, 6) is 0.617. The van der Waals surface area contributed by atoms with E-state index < -0.39 is 0 Å². The van der Waals surface area contributed by atoms with Gasteiger partial charge in [0.05, 0.1) is 24.2 Å². The van der Waals surface area contributed by atoms with Crippen LogP contribution in [-0.4, -0.2) is 44.6 Å². The van der Waals surface area contributed by atoms with Gasteiger partial charge in [0.25, 0.3) is 5.91 Å². The molecule has 1 fully saturated rings. The predicted octanol–water partition coefficient (Wildman–Crippen LogP) is 3.00. The van der Waals surface area contributed by atoms with Gasteiger partial charge in [0.1, 0.15) is 11.5 Å². The summed E-state index contributed by atoms with van der Waals surface area (Å²) < 4.78 is 1.87. The van der Waals surface area contributed by atoms with E-state index in [0.29, 0.717) is 31.0 Å². The smallest absolute Gasteiger partial charge is 0.273 e. The van der Waals surface area contributed by atoms with Gasteiger partial charge in [-0.1, -0.05) is 30.3 Å². The van der Waals surface area contributed by atoms with E-state index in [1.165, 1.54) is 11.3 Å². The first kappa shape index (κ1) is 18.4. The number of amides is 2. The molecule has 1 saturated heterocycles. The molecule has 0 spiro atoms. The second-order valence-corrected chi connectivity index (χ2v) is 7.49. The predicted molar refractivity (Wildman–Crippen MR) is 107 cm³/mol. The van der Waals surface area contributed by atoms with Crippen molar-refractivity contribution in [3.63, 3.8) is 0 Å². The molecule has 3 aromatic rings. The van der Waals surface area contributed by atoms with Gasteiger partial charge in [-0.25, -0.2) is 9.67 Å².